The molecule has 0 aliphatic heterocycles. The Bertz CT molecular complexity index is 1040. The van der Waals surface area contributed by atoms with Crippen molar-refractivity contribution in [2.75, 3.05) is 19.5 Å². The first kappa shape index (κ1) is 20.6. The van der Waals surface area contributed by atoms with E-state index in [0.29, 0.717) is 34.6 Å². The van der Waals surface area contributed by atoms with Crippen LogP contribution < -0.4 is 20.1 Å². The number of nitrogens with one attached hydrogen (secondary N) is 2. The first-order valence-electron chi connectivity index (χ1n) is 9.96. The fraction of sp³-hybridized carbons (Fsp3) is 0.364. The van der Waals surface area contributed by atoms with Crippen LogP contribution in [0.5, 0.6) is 11.5 Å². The Morgan fingerprint density at radius 1 is 1.07 bits per heavy atom. The average molecular weight is 431 g/mol. The van der Waals surface area contributed by atoms with Crippen LogP contribution in [0.15, 0.2) is 36.7 Å². The number of benzene rings is 2. The van der Waals surface area contributed by atoms with Crippen molar-refractivity contribution in [3.05, 3.63) is 47.5 Å². The minimum Gasteiger partial charge on any atom is -0.493 e. The summed E-state index contributed by atoms with van der Waals surface area (Å²) in [6.07, 6.45) is 5.73. The molecule has 0 unspecified atom stereocenters. The van der Waals surface area contributed by atoms with E-state index < -0.39 is 5.82 Å². The lowest BCUT2D eigenvalue weighted by Gasteiger charge is -2.29. The number of ether oxygens (including phenoxy) is 2. The molecule has 1 aromatic heterocycles. The molecule has 1 fully saturated rings. The first-order valence-corrected chi connectivity index (χ1v) is 10.3. The molecule has 0 bridgehead atoms. The standard InChI is InChI=1S/C22H24ClFN4O2/c1-25-13-3-6-15(7-4-13)30-21-10-16-19(11-20(21)29-2)26-12-27-22(16)28-14-5-8-18(24)17(23)9-14/h5,8-13,15,25H,3-4,6-7H2,1-2H3,(H,26,27,28)/t13-,15-. The second-order valence-electron chi connectivity index (χ2n) is 7.38. The lowest BCUT2D eigenvalue weighted by molar-refractivity contribution is 0.137. The number of halogens is 2. The van der Waals surface area contributed by atoms with Gasteiger partial charge in [-0.25, -0.2) is 14.4 Å². The van der Waals surface area contributed by atoms with Gasteiger partial charge < -0.3 is 20.1 Å². The van der Waals surface area contributed by atoms with Crippen molar-refractivity contribution in [3.63, 3.8) is 0 Å². The van der Waals surface area contributed by atoms with Crippen molar-refractivity contribution in [2.24, 2.45) is 0 Å². The third kappa shape index (κ3) is 4.42. The van der Waals surface area contributed by atoms with E-state index in [1.807, 2.05) is 19.2 Å². The highest BCUT2D eigenvalue weighted by Crippen LogP contribution is 2.37. The summed E-state index contributed by atoms with van der Waals surface area (Å²) in [5.41, 5.74) is 1.34. The quantitative estimate of drug-likeness (QED) is 0.568. The normalized spacial score (nSPS) is 18.9. The summed E-state index contributed by atoms with van der Waals surface area (Å²) < 4.78 is 25.3. The van der Waals surface area contributed by atoms with Crippen LogP contribution in [0.2, 0.25) is 5.02 Å². The van der Waals surface area contributed by atoms with Gasteiger partial charge in [0, 0.05) is 23.2 Å². The van der Waals surface area contributed by atoms with E-state index in [4.69, 9.17) is 21.1 Å². The van der Waals surface area contributed by atoms with E-state index in [2.05, 4.69) is 20.6 Å². The Hall–Kier alpha value is -2.64. The SMILES string of the molecule is CN[C@H]1CC[C@H](Oc2cc3c(Nc4ccc(F)c(Cl)c4)ncnc3cc2OC)CC1. The summed E-state index contributed by atoms with van der Waals surface area (Å²) in [6.45, 7) is 0. The highest BCUT2D eigenvalue weighted by atomic mass is 35.5. The predicted molar refractivity (Wildman–Crippen MR) is 117 cm³/mol. The topological polar surface area (TPSA) is 68.3 Å². The van der Waals surface area contributed by atoms with Crippen molar-refractivity contribution in [3.8, 4) is 11.5 Å². The minimum absolute atomic E-state index is 0.0428. The molecule has 0 atom stereocenters. The lowest BCUT2D eigenvalue weighted by Crippen LogP contribution is -2.34. The molecule has 0 spiro atoms. The molecule has 8 heteroatoms. The summed E-state index contributed by atoms with van der Waals surface area (Å²) in [5.74, 6) is 1.40. The fourth-order valence-corrected chi connectivity index (χ4v) is 3.96. The van der Waals surface area contributed by atoms with Gasteiger partial charge in [0.15, 0.2) is 11.5 Å². The van der Waals surface area contributed by atoms with Crippen LogP contribution in [0.25, 0.3) is 10.9 Å². The minimum atomic E-state index is -0.469. The number of fused-ring (bicyclic) bond motifs is 1. The van der Waals surface area contributed by atoms with E-state index in [1.165, 1.54) is 18.5 Å². The van der Waals surface area contributed by atoms with Gasteiger partial charge in [-0.3, -0.25) is 0 Å². The molecule has 1 aliphatic rings. The molecule has 30 heavy (non-hydrogen) atoms. The number of hydrogen-bond acceptors (Lipinski definition) is 6. The molecular formula is C22H24ClFN4O2. The molecule has 1 saturated carbocycles. The number of hydrogen-bond donors (Lipinski definition) is 2. The van der Waals surface area contributed by atoms with Crippen LogP contribution >= 0.6 is 11.6 Å². The lowest BCUT2D eigenvalue weighted by atomic mass is 9.93. The Morgan fingerprint density at radius 2 is 1.87 bits per heavy atom. The number of anilines is 2. The van der Waals surface area contributed by atoms with Gasteiger partial charge in [-0.15, -0.1) is 0 Å². The highest BCUT2D eigenvalue weighted by Gasteiger charge is 2.23. The van der Waals surface area contributed by atoms with E-state index >= 15 is 0 Å². The van der Waals surface area contributed by atoms with Gasteiger partial charge in [-0.2, -0.15) is 0 Å². The number of nitrogens with zero attached hydrogens (tertiary/aromatic N) is 2. The predicted octanol–water partition coefficient (Wildman–Crippen LogP) is 5.08. The van der Waals surface area contributed by atoms with E-state index in [9.17, 15) is 4.39 Å². The van der Waals surface area contributed by atoms with Crippen LogP contribution in [0.3, 0.4) is 0 Å². The Labute approximate surface area is 179 Å². The van der Waals surface area contributed by atoms with E-state index in [0.717, 1.165) is 31.1 Å². The van der Waals surface area contributed by atoms with Gasteiger partial charge in [0.25, 0.3) is 0 Å². The third-order valence-corrected chi connectivity index (χ3v) is 5.77. The largest absolute Gasteiger partial charge is 0.493 e. The van der Waals surface area contributed by atoms with Crippen molar-refractivity contribution in [1.82, 2.24) is 15.3 Å². The van der Waals surface area contributed by atoms with Crippen LogP contribution in [0, 0.1) is 5.82 Å². The van der Waals surface area contributed by atoms with Gasteiger partial charge in [-0.1, -0.05) is 11.6 Å². The second-order valence-corrected chi connectivity index (χ2v) is 7.78. The zero-order chi connectivity index (χ0) is 21.1. The summed E-state index contributed by atoms with van der Waals surface area (Å²) in [7, 11) is 3.62. The van der Waals surface area contributed by atoms with Crippen LogP contribution in [-0.4, -0.2) is 36.3 Å². The second kappa shape index (κ2) is 9.02. The molecule has 1 aliphatic carbocycles. The third-order valence-electron chi connectivity index (χ3n) is 5.48. The monoisotopic (exact) mass is 430 g/mol. The molecule has 4 rings (SSSR count). The Balaban J connectivity index is 1.64. The molecule has 2 N–H and O–H groups in total. The summed E-state index contributed by atoms with van der Waals surface area (Å²) in [5, 5.41) is 7.34. The van der Waals surface area contributed by atoms with Gasteiger partial charge >= 0.3 is 0 Å². The first-order chi connectivity index (χ1) is 14.6. The van der Waals surface area contributed by atoms with Gasteiger partial charge in [0.2, 0.25) is 0 Å². The van der Waals surface area contributed by atoms with Gasteiger partial charge in [0.1, 0.15) is 18.0 Å². The van der Waals surface area contributed by atoms with Crippen molar-refractivity contribution < 1.29 is 13.9 Å². The maximum atomic E-state index is 13.5. The molecular weight excluding hydrogens is 407 g/mol. The van der Waals surface area contributed by atoms with E-state index in [1.54, 1.807) is 13.2 Å². The fourth-order valence-electron chi connectivity index (χ4n) is 3.77. The van der Waals surface area contributed by atoms with Crippen LogP contribution in [0.1, 0.15) is 25.7 Å². The molecule has 1 heterocycles. The zero-order valence-electron chi connectivity index (χ0n) is 16.9. The average Bonchev–Trinajstić information content (AvgIpc) is 2.77. The highest BCUT2D eigenvalue weighted by molar-refractivity contribution is 6.31. The summed E-state index contributed by atoms with van der Waals surface area (Å²) in [6, 6.07) is 8.73. The number of methoxy groups -OCH3 is 1. The molecule has 0 amide bonds. The van der Waals surface area contributed by atoms with Crippen molar-refractivity contribution >= 4 is 34.0 Å². The molecule has 158 valence electrons. The van der Waals surface area contributed by atoms with Crippen LogP contribution in [-0.2, 0) is 0 Å². The van der Waals surface area contributed by atoms with Crippen molar-refractivity contribution in [2.45, 2.75) is 37.8 Å². The maximum Gasteiger partial charge on any atom is 0.162 e. The molecule has 0 saturated heterocycles. The number of rotatable bonds is 6. The Kier molecular flexibility index (Phi) is 6.20. The summed E-state index contributed by atoms with van der Waals surface area (Å²) >= 11 is 5.90. The molecule has 3 aromatic rings. The van der Waals surface area contributed by atoms with E-state index in [-0.39, 0.29) is 11.1 Å². The molecule has 0 radical (unpaired) electrons. The number of aromatic nitrogens is 2. The van der Waals surface area contributed by atoms with Crippen molar-refractivity contribution in [1.29, 1.82) is 0 Å². The molecule has 6 nitrogen and oxygen atoms in total. The Morgan fingerprint density at radius 3 is 2.57 bits per heavy atom. The maximum absolute atomic E-state index is 13.5. The van der Waals surface area contributed by atoms with Gasteiger partial charge in [-0.05, 0) is 57.0 Å². The summed E-state index contributed by atoms with van der Waals surface area (Å²) in [4.78, 5) is 8.71. The van der Waals surface area contributed by atoms with Crippen LogP contribution in [0.4, 0.5) is 15.9 Å². The molecule has 2 aromatic carbocycles. The van der Waals surface area contributed by atoms with Gasteiger partial charge in [0.05, 0.1) is 23.8 Å². The zero-order valence-corrected chi connectivity index (χ0v) is 17.7. The smallest absolute Gasteiger partial charge is 0.162 e.